The molecule has 3 heterocycles. The van der Waals surface area contributed by atoms with Crippen LogP contribution in [-0.2, 0) is 13.0 Å². The van der Waals surface area contributed by atoms with Gasteiger partial charge in [0.1, 0.15) is 5.82 Å². The van der Waals surface area contributed by atoms with Gasteiger partial charge in [0.25, 0.3) is 11.8 Å². The second kappa shape index (κ2) is 7.40. The maximum atomic E-state index is 12.9. The van der Waals surface area contributed by atoms with Crippen molar-refractivity contribution in [2.24, 2.45) is 11.8 Å². The van der Waals surface area contributed by atoms with Gasteiger partial charge in [0.05, 0.1) is 0 Å². The number of benzene rings is 2. The molecular weight excluding hydrogens is 378 g/mol. The minimum atomic E-state index is -0.260. The van der Waals surface area contributed by atoms with Gasteiger partial charge in [-0.15, -0.1) is 10.2 Å². The van der Waals surface area contributed by atoms with Gasteiger partial charge < -0.3 is 14.8 Å². The Bertz CT molecular complexity index is 1090. The molecule has 7 nitrogen and oxygen atoms in total. The molecule has 2 aromatic carbocycles. The number of likely N-dealkylation sites (tertiary alicyclic amines) is 1. The van der Waals surface area contributed by atoms with E-state index in [1.54, 1.807) is 0 Å². The van der Waals surface area contributed by atoms with E-state index in [2.05, 4.69) is 15.5 Å². The van der Waals surface area contributed by atoms with E-state index >= 15 is 0 Å². The van der Waals surface area contributed by atoms with E-state index in [4.69, 9.17) is 0 Å². The number of carbonyl (C=O) groups excluding carboxylic acids is 2. The molecular formula is C23H23N5O2. The standard InChI is InChI=1S/C23H23N5O2/c1-15-7-9-16(10-8-15)23(30)27-12-17-11-20-25-26-21(28(20)14-18(17)13-27)22(29)24-19-5-3-2-4-6-19/h2-10,17-18H,11-14H2,1H3,(H,24,29)/t17-,18+/m0/s1. The van der Waals surface area contributed by atoms with Crippen LogP contribution in [0.1, 0.15) is 32.4 Å². The van der Waals surface area contributed by atoms with Crippen LogP contribution in [0.15, 0.2) is 54.6 Å². The van der Waals surface area contributed by atoms with Gasteiger partial charge in [-0.2, -0.15) is 0 Å². The SMILES string of the molecule is Cc1ccc(C(=O)N2C[C@@H]3Cn4c(nnc4C(=O)Nc4ccccc4)C[C@H]3C2)cc1. The molecule has 0 radical (unpaired) electrons. The zero-order valence-corrected chi connectivity index (χ0v) is 16.8. The second-order valence-electron chi connectivity index (χ2n) is 8.17. The number of hydrogen-bond donors (Lipinski definition) is 1. The highest BCUT2D eigenvalue weighted by molar-refractivity contribution is 6.01. The molecule has 30 heavy (non-hydrogen) atoms. The minimum Gasteiger partial charge on any atom is -0.338 e. The Morgan fingerprint density at radius 2 is 1.67 bits per heavy atom. The molecule has 2 amide bonds. The summed E-state index contributed by atoms with van der Waals surface area (Å²) in [6.45, 7) is 4.08. The third-order valence-electron chi connectivity index (χ3n) is 6.09. The van der Waals surface area contributed by atoms with Crippen molar-refractivity contribution in [1.29, 1.82) is 0 Å². The highest BCUT2D eigenvalue weighted by Gasteiger charge is 2.40. The largest absolute Gasteiger partial charge is 0.338 e. The highest BCUT2D eigenvalue weighted by atomic mass is 16.2. The van der Waals surface area contributed by atoms with Crippen molar-refractivity contribution < 1.29 is 9.59 Å². The lowest BCUT2D eigenvalue weighted by Gasteiger charge is -2.25. The quantitative estimate of drug-likeness (QED) is 0.732. The Hall–Kier alpha value is -3.48. The van der Waals surface area contributed by atoms with Crippen LogP contribution < -0.4 is 5.32 Å². The fraction of sp³-hybridized carbons (Fsp3) is 0.304. The van der Waals surface area contributed by atoms with E-state index in [1.165, 1.54) is 0 Å². The van der Waals surface area contributed by atoms with E-state index in [0.717, 1.165) is 35.6 Å². The molecule has 0 spiro atoms. The van der Waals surface area contributed by atoms with Gasteiger partial charge in [-0.1, -0.05) is 35.9 Å². The molecule has 1 N–H and O–H groups in total. The predicted octanol–water partition coefficient (Wildman–Crippen LogP) is 2.78. The first-order chi connectivity index (χ1) is 14.6. The van der Waals surface area contributed by atoms with Gasteiger partial charge >= 0.3 is 0 Å². The van der Waals surface area contributed by atoms with Crippen LogP contribution in [0.2, 0.25) is 0 Å². The predicted molar refractivity (Wildman–Crippen MR) is 112 cm³/mol. The van der Waals surface area contributed by atoms with Crippen molar-refractivity contribution in [2.75, 3.05) is 18.4 Å². The number of fused-ring (bicyclic) bond motifs is 2. The van der Waals surface area contributed by atoms with E-state index < -0.39 is 0 Å². The third kappa shape index (κ3) is 3.36. The summed E-state index contributed by atoms with van der Waals surface area (Å²) in [4.78, 5) is 27.6. The van der Waals surface area contributed by atoms with E-state index in [0.29, 0.717) is 30.7 Å². The molecule has 1 saturated heterocycles. The van der Waals surface area contributed by atoms with Crippen molar-refractivity contribution in [3.05, 3.63) is 77.4 Å². The lowest BCUT2D eigenvalue weighted by molar-refractivity contribution is 0.0783. The first-order valence-corrected chi connectivity index (χ1v) is 10.2. The summed E-state index contributed by atoms with van der Waals surface area (Å²) in [5.41, 5.74) is 2.59. The monoisotopic (exact) mass is 401 g/mol. The summed E-state index contributed by atoms with van der Waals surface area (Å²) in [7, 11) is 0. The molecule has 152 valence electrons. The van der Waals surface area contributed by atoms with Gasteiger partial charge in [0.2, 0.25) is 5.82 Å². The molecule has 2 atom stereocenters. The second-order valence-corrected chi connectivity index (χ2v) is 8.17. The molecule has 7 heteroatoms. The van der Waals surface area contributed by atoms with Crippen LogP contribution in [-0.4, -0.2) is 44.6 Å². The lowest BCUT2D eigenvalue weighted by Crippen LogP contribution is -2.31. The summed E-state index contributed by atoms with van der Waals surface area (Å²) in [6, 6.07) is 17.0. The molecule has 1 fully saturated rings. The lowest BCUT2D eigenvalue weighted by atomic mass is 9.89. The summed E-state index contributed by atoms with van der Waals surface area (Å²) < 4.78 is 1.92. The van der Waals surface area contributed by atoms with Gasteiger partial charge in [-0.05, 0) is 43.0 Å². The van der Waals surface area contributed by atoms with E-state index in [-0.39, 0.29) is 11.8 Å². The van der Waals surface area contributed by atoms with Crippen molar-refractivity contribution in [2.45, 2.75) is 19.9 Å². The van der Waals surface area contributed by atoms with Gasteiger partial charge in [-0.25, -0.2) is 0 Å². The molecule has 0 unspecified atom stereocenters. The summed E-state index contributed by atoms with van der Waals surface area (Å²) in [5.74, 6) is 1.60. The van der Waals surface area contributed by atoms with Gasteiger partial charge in [0, 0.05) is 37.3 Å². The fourth-order valence-electron chi connectivity index (χ4n) is 4.45. The van der Waals surface area contributed by atoms with Crippen LogP contribution in [0, 0.1) is 18.8 Å². The number of aryl methyl sites for hydroxylation is 1. The Balaban J connectivity index is 1.30. The molecule has 2 aliphatic heterocycles. The topological polar surface area (TPSA) is 80.1 Å². The Kier molecular flexibility index (Phi) is 4.58. The average molecular weight is 401 g/mol. The number of para-hydroxylation sites is 1. The minimum absolute atomic E-state index is 0.0715. The molecule has 0 bridgehead atoms. The molecule has 2 aliphatic rings. The fourth-order valence-corrected chi connectivity index (χ4v) is 4.45. The molecule has 0 saturated carbocycles. The van der Waals surface area contributed by atoms with Crippen molar-refractivity contribution >= 4 is 17.5 Å². The number of nitrogens with zero attached hydrogens (tertiary/aromatic N) is 4. The number of nitrogens with one attached hydrogen (secondary N) is 1. The van der Waals surface area contributed by atoms with Crippen LogP contribution >= 0.6 is 0 Å². The number of rotatable bonds is 3. The van der Waals surface area contributed by atoms with Crippen molar-refractivity contribution in [3.63, 3.8) is 0 Å². The zero-order valence-electron chi connectivity index (χ0n) is 16.8. The Labute approximate surface area is 174 Å². The number of aromatic nitrogens is 3. The molecule has 3 aromatic rings. The summed E-state index contributed by atoms with van der Waals surface area (Å²) in [6.07, 6.45) is 0.730. The van der Waals surface area contributed by atoms with Crippen LogP contribution in [0.25, 0.3) is 0 Å². The highest BCUT2D eigenvalue weighted by Crippen LogP contribution is 2.33. The number of anilines is 1. The van der Waals surface area contributed by atoms with Crippen molar-refractivity contribution in [1.82, 2.24) is 19.7 Å². The van der Waals surface area contributed by atoms with Crippen LogP contribution in [0.4, 0.5) is 5.69 Å². The maximum absolute atomic E-state index is 12.9. The van der Waals surface area contributed by atoms with Crippen LogP contribution in [0.5, 0.6) is 0 Å². The first kappa shape index (κ1) is 18.5. The molecule has 0 aliphatic carbocycles. The van der Waals surface area contributed by atoms with E-state index in [1.807, 2.05) is 71.0 Å². The molecule has 1 aromatic heterocycles. The normalized spacial score (nSPS) is 19.8. The zero-order chi connectivity index (χ0) is 20.7. The maximum Gasteiger partial charge on any atom is 0.293 e. The van der Waals surface area contributed by atoms with Gasteiger partial charge in [-0.3, -0.25) is 9.59 Å². The number of hydrogen-bond acceptors (Lipinski definition) is 4. The summed E-state index contributed by atoms with van der Waals surface area (Å²) >= 11 is 0. The number of amides is 2. The van der Waals surface area contributed by atoms with Crippen LogP contribution in [0.3, 0.4) is 0 Å². The first-order valence-electron chi connectivity index (χ1n) is 10.2. The van der Waals surface area contributed by atoms with Gasteiger partial charge in [0.15, 0.2) is 0 Å². The summed E-state index contributed by atoms with van der Waals surface area (Å²) in [5, 5.41) is 11.3. The van der Waals surface area contributed by atoms with E-state index in [9.17, 15) is 9.59 Å². The smallest absolute Gasteiger partial charge is 0.293 e. The Morgan fingerprint density at radius 3 is 2.43 bits per heavy atom. The third-order valence-corrected chi connectivity index (χ3v) is 6.09. The van der Waals surface area contributed by atoms with Crippen molar-refractivity contribution in [3.8, 4) is 0 Å². The number of carbonyl (C=O) groups is 2. The molecule has 5 rings (SSSR count). The average Bonchev–Trinajstić information content (AvgIpc) is 3.36. The Morgan fingerprint density at radius 1 is 0.933 bits per heavy atom.